The molecule has 2 heterocycles. The average Bonchev–Trinajstić information content (AvgIpc) is 3.31. The number of carboxylic acid groups (broad SMARTS) is 1. The molecule has 0 radical (unpaired) electrons. The highest BCUT2D eigenvalue weighted by atomic mass is 35.5. The number of benzene rings is 3. The topological polar surface area (TPSA) is 75.2 Å². The van der Waals surface area contributed by atoms with Gasteiger partial charge in [-0.25, -0.2) is 4.79 Å². The summed E-state index contributed by atoms with van der Waals surface area (Å²) in [6.45, 7) is 1.74. The lowest BCUT2D eigenvalue weighted by molar-refractivity contribution is 0.0695. The van der Waals surface area contributed by atoms with Gasteiger partial charge in [0.2, 0.25) is 0 Å². The number of H-pyrrole nitrogens is 1. The summed E-state index contributed by atoms with van der Waals surface area (Å²) in [5.41, 5.74) is 3.22. The van der Waals surface area contributed by atoms with Crippen LogP contribution in [0.15, 0.2) is 60.7 Å². The minimum Gasteiger partial charge on any atom is -0.478 e. The van der Waals surface area contributed by atoms with Crippen molar-refractivity contribution in [1.82, 2.24) is 9.97 Å². The molecule has 0 spiro atoms. The number of nitrogens with zero attached hydrogens (tertiary/aromatic N) is 1. The number of hydrogen-bond acceptors (Lipinski definition) is 4. The summed E-state index contributed by atoms with van der Waals surface area (Å²) in [7, 11) is 0. The van der Waals surface area contributed by atoms with Crippen molar-refractivity contribution in [1.29, 1.82) is 0 Å². The Bertz CT molecular complexity index is 1400. The number of imidazole rings is 1. The molecule has 0 bridgehead atoms. The number of carbonyl (C=O) groups is 1. The van der Waals surface area contributed by atoms with Gasteiger partial charge in [0, 0.05) is 15.1 Å². The van der Waals surface area contributed by atoms with Gasteiger partial charge in [0.25, 0.3) is 6.01 Å². The van der Waals surface area contributed by atoms with Gasteiger partial charge < -0.3 is 14.8 Å². The summed E-state index contributed by atoms with van der Waals surface area (Å²) in [6, 6.07) is 19.3. The number of nitrogens with one attached hydrogen (secondary N) is 1. The molecule has 5 aromatic rings. The van der Waals surface area contributed by atoms with E-state index < -0.39 is 5.97 Å². The van der Waals surface area contributed by atoms with E-state index in [9.17, 15) is 9.90 Å². The summed E-state index contributed by atoms with van der Waals surface area (Å²) in [5, 5.41) is 11.1. The van der Waals surface area contributed by atoms with Crippen LogP contribution < -0.4 is 4.74 Å². The van der Waals surface area contributed by atoms with Gasteiger partial charge in [-0.05, 0) is 54.3 Å². The monoisotopic (exact) mass is 434 g/mol. The first-order valence-corrected chi connectivity index (χ1v) is 10.4. The van der Waals surface area contributed by atoms with Crippen LogP contribution in [0.2, 0.25) is 5.02 Å². The van der Waals surface area contributed by atoms with Gasteiger partial charge in [-0.1, -0.05) is 35.9 Å². The molecule has 0 saturated heterocycles. The van der Waals surface area contributed by atoms with Crippen LogP contribution in [0, 0.1) is 6.92 Å². The van der Waals surface area contributed by atoms with Gasteiger partial charge in [0.15, 0.2) is 0 Å². The number of aromatic nitrogens is 2. The maximum Gasteiger partial charge on any atom is 0.336 e. The predicted octanol–water partition coefficient (Wildman–Crippen LogP) is 6.90. The van der Waals surface area contributed by atoms with Gasteiger partial charge in [0.1, 0.15) is 5.75 Å². The third-order valence-corrected chi connectivity index (χ3v) is 6.36. The Morgan fingerprint density at radius 1 is 1.13 bits per heavy atom. The summed E-state index contributed by atoms with van der Waals surface area (Å²) in [5.74, 6) is -0.602. The predicted molar refractivity (Wildman–Crippen MR) is 120 cm³/mol. The van der Waals surface area contributed by atoms with Crippen molar-refractivity contribution >= 4 is 50.0 Å². The standard InChI is InChI=1S/C23H15ClN2O3S/c1-12-6-7-14(9-15(12)22(27)28)29-23-25-18-10-16(17(24)11-19(18)26-23)21-8-13-4-2-3-5-20(13)30-21/h2-11H,1H3,(H,25,26)(H,27,28). The molecule has 148 valence electrons. The van der Waals surface area contributed by atoms with Crippen LogP contribution in [0.1, 0.15) is 15.9 Å². The molecule has 5 nitrogen and oxygen atoms in total. The van der Waals surface area contributed by atoms with Crippen LogP contribution >= 0.6 is 22.9 Å². The molecular formula is C23H15ClN2O3S. The number of aromatic amines is 1. The summed E-state index contributed by atoms with van der Waals surface area (Å²) in [6.07, 6.45) is 0. The van der Waals surface area contributed by atoms with Crippen LogP contribution in [0.5, 0.6) is 11.8 Å². The zero-order valence-electron chi connectivity index (χ0n) is 15.8. The summed E-state index contributed by atoms with van der Waals surface area (Å²) < 4.78 is 6.97. The molecule has 0 saturated carbocycles. The van der Waals surface area contributed by atoms with E-state index in [1.807, 2.05) is 24.3 Å². The smallest absolute Gasteiger partial charge is 0.336 e. The Hall–Kier alpha value is -3.35. The highest BCUT2D eigenvalue weighted by Crippen LogP contribution is 2.39. The minimum atomic E-state index is -0.998. The molecule has 30 heavy (non-hydrogen) atoms. The van der Waals surface area contributed by atoms with Crippen molar-refractivity contribution in [2.24, 2.45) is 0 Å². The second-order valence-electron chi connectivity index (χ2n) is 6.92. The van der Waals surface area contributed by atoms with Crippen LogP contribution in [-0.2, 0) is 0 Å². The first-order chi connectivity index (χ1) is 14.5. The summed E-state index contributed by atoms with van der Waals surface area (Å²) >= 11 is 8.24. The van der Waals surface area contributed by atoms with E-state index in [0.717, 1.165) is 16.0 Å². The zero-order valence-corrected chi connectivity index (χ0v) is 17.3. The largest absolute Gasteiger partial charge is 0.478 e. The van der Waals surface area contributed by atoms with Crippen LogP contribution in [-0.4, -0.2) is 21.0 Å². The molecular weight excluding hydrogens is 420 g/mol. The fraction of sp³-hybridized carbons (Fsp3) is 0.0435. The Morgan fingerprint density at radius 3 is 2.77 bits per heavy atom. The molecule has 0 aliphatic rings. The third-order valence-electron chi connectivity index (χ3n) is 4.89. The lowest BCUT2D eigenvalue weighted by Crippen LogP contribution is -2.00. The first kappa shape index (κ1) is 18.7. The molecule has 2 N–H and O–H groups in total. The number of ether oxygens (including phenoxy) is 1. The van der Waals surface area contributed by atoms with Crippen molar-refractivity contribution in [2.75, 3.05) is 0 Å². The SMILES string of the molecule is Cc1ccc(Oc2nc3cc(-c4cc5ccccc5s4)c(Cl)cc3[nH]2)cc1C(=O)O. The molecule has 0 aliphatic heterocycles. The van der Waals surface area contributed by atoms with Gasteiger partial charge in [-0.2, -0.15) is 4.98 Å². The van der Waals surface area contributed by atoms with Gasteiger partial charge in [-0.15, -0.1) is 11.3 Å². The van der Waals surface area contributed by atoms with Crippen LogP contribution in [0.4, 0.5) is 0 Å². The van der Waals surface area contributed by atoms with Crippen molar-refractivity contribution in [3.63, 3.8) is 0 Å². The Kier molecular flexibility index (Phi) is 4.46. The van der Waals surface area contributed by atoms with E-state index in [1.54, 1.807) is 30.4 Å². The fourth-order valence-electron chi connectivity index (χ4n) is 3.37. The normalized spacial score (nSPS) is 11.3. The number of aromatic carboxylic acids is 1. The van der Waals surface area contributed by atoms with Gasteiger partial charge in [0.05, 0.1) is 21.6 Å². The fourth-order valence-corrected chi connectivity index (χ4v) is 4.78. The number of rotatable bonds is 4. The molecule has 2 aromatic heterocycles. The third kappa shape index (κ3) is 3.30. The Labute approximate surface area is 180 Å². The van der Waals surface area contributed by atoms with Gasteiger partial charge in [-0.3, -0.25) is 0 Å². The number of halogens is 1. The number of carboxylic acids is 1. The van der Waals surface area contributed by atoms with E-state index in [4.69, 9.17) is 16.3 Å². The van der Waals surface area contributed by atoms with Crippen molar-refractivity contribution in [3.05, 3.63) is 76.8 Å². The van der Waals surface area contributed by atoms with E-state index in [0.29, 0.717) is 21.9 Å². The van der Waals surface area contributed by atoms with Crippen molar-refractivity contribution in [3.8, 4) is 22.2 Å². The molecule has 0 fully saturated rings. The van der Waals surface area contributed by atoms with Crippen molar-refractivity contribution in [2.45, 2.75) is 6.92 Å². The van der Waals surface area contributed by atoms with Crippen LogP contribution in [0.25, 0.3) is 31.6 Å². The van der Waals surface area contributed by atoms with Crippen molar-refractivity contribution < 1.29 is 14.6 Å². The molecule has 3 aromatic carbocycles. The summed E-state index contributed by atoms with van der Waals surface area (Å²) in [4.78, 5) is 20.0. The second-order valence-corrected chi connectivity index (χ2v) is 8.41. The lowest BCUT2D eigenvalue weighted by Gasteiger charge is -2.05. The highest BCUT2D eigenvalue weighted by molar-refractivity contribution is 7.22. The van der Waals surface area contributed by atoms with E-state index in [1.165, 1.54) is 16.2 Å². The highest BCUT2D eigenvalue weighted by Gasteiger charge is 2.14. The number of aryl methyl sites for hydroxylation is 1. The number of thiophene rings is 1. The maximum absolute atomic E-state index is 11.3. The molecule has 7 heteroatoms. The maximum atomic E-state index is 11.3. The number of hydrogen-bond donors (Lipinski definition) is 2. The molecule has 5 rings (SSSR count). The molecule has 0 atom stereocenters. The quantitative estimate of drug-likeness (QED) is 0.322. The Balaban J connectivity index is 1.52. The number of fused-ring (bicyclic) bond motifs is 2. The molecule has 0 aliphatic carbocycles. The van der Waals surface area contributed by atoms with Crippen LogP contribution in [0.3, 0.4) is 0 Å². The van der Waals surface area contributed by atoms with E-state index >= 15 is 0 Å². The second kappa shape index (κ2) is 7.16. The first-order valence-electron chi connectivity index (χ1n) is 9.18. The Morgan fingerprint density at radius 2 is 1.97 bits per heavy atom. The minimum absolute atomic E-state index is 0.193. The lowest BCUT2D eigenvalue weighted by atomic mass is 10.1. The zero-order chi connectivity index (χ0) is 20.8. The van der Waals surface area contributed by atoms with E-state index in [-0.39, 0.29) is 11.6 Å². The molecule has 0 unspecified atom stereocenters. The van der Waals surface area contributed by atoms with Gasteiger partial charge >= 0.3 is 5.97 Å². The van der Waals surface area contributed by atoms with E-state index in [2.05, 4.69) is 28.2 Å². The average molecular weight is 435 g/mol. The molecule has 0 amide bonds.